The molecule has 0 saturated carbocycles. The van der Waals surface area contributed by atoms with Gasteiger partial charge in [-0.15, -0.1) is 0 Å². The number of aromatic nitrogens is 1. The van der Waals surface area contributed by atoms with Crippen molar-refractivity contribution in [1.82, 2.24) is 4.98 Å². The molecular weight excluding hydrogens is 282 g/mol. The van der Waals surface area contributed by atoms with Crippen LogP contribution in [0.1, 0.15) is 37.3 Å². The van der Waals surface area contributed by atoms with Crippen LogP contribution in [0.4, 0.5) is 0 Å². The van der Waals surface area contributed by atoms with E-state index in [1.807, 2.05) is 0 Å². The van der Waals surface area contributed by atoms with Gasteiger partial charge in [-0.3, -0.25) is 4.98 Å². The second kappa shape index (κ2) is 7.23. The third kappa shape index (κ3) is 3.86. The second-order valence-corrected chi connectivity index (χ2v) is 12.2. The van der Waals surface area contributed by atoms with Gasteiger partial charge in [0, 0.05) is 11.8 Å². The van der Waals surface area contributed by atoms with E-state index in [-0.39, 0.29) is 0 Å². The lowest BCUT2D eigenvalue weighted by Crippen LogP contribution is -2.41. The largest absolute Gasteiger partial charge is 0.256 e. The van der Waals surface area contributed by atoms with Crippen LogP contribution in [0.2, 0.25) is 19.6 Å². The molecule has 2 heteroatoms. The molecule has 0 saturated heterocycles. The molecule has 0 atom stereocenters. The Morgan fingerprint density at radius 2 is 1.68 bits per heavy atom. The van der Waals surface area contributed by atoms with Crippen molar-refractivity contribution in [3.05, 3.63) is 47.7 Å². The molecule has 0 unspecified atom stereocenters. The van der Waals surface area contributed by atoms with Gasteiger partial charge >= 0.3 is 0 Å². The van der Waals surface area contributed by atoms with E-state index in [0.29, 0.717) is 0 Å². The number of hydrogen-bond donors (Lipinski definition) is 0. The molecule has 22 heavy (non-hydrogen) atoms. The number of benzene rings is 1. The van der Waals surface area contributed by atoms with Crippen molar-refractivity contribution in [2.45, 2.75) is 59.2 Å². The molecule has 0 spiro atoms. The lowest BCUT2D eigenvalue weighted by molar-refractivity contribution is 0.716. The maximum Gasteiger partial charge on any atom is 0.0799 e. The lowest BCUT2D eigenvalue weighted by atomic mass is 9.98. The zero-order chi connectivity index (χ0) is 16.2. The third-order valence-corrected chi connectivity index (χ3v) is 6.39. The minimum absolute atomic E-state index is 1.16. The lowest BCUT2D eigenvalue weighted by Gasteiger charge is -2.24. The van der Waals surface area contributed by atoms with Crippen molar-refractivity contribution in [1.29, 1.82) is 0 Å². The van der Waals surface area contributed by atoms with Gasteiger partial charge in [-0.1, -0.05) is 69.7 Å². The minimum atomic E-state index is -1.36. The van der Waals surface area contributed by atoms with Crippen molar-refractivity contribution in [3.63, 3.8) is 0 Å². The van der Waals surface area contributed by atoms with Crippen LogP contribution in [0, 0.1) is 6.92 Å². The number of rotatable bonds is 6. The fourth-order valence-corrected chi connectivity index (χ4v) is 4.73. The predicted molar refractivity (Wildman–Crippen MR) is 101 cm³/mol. The maximum absolute atomic E-state index is 4.84. The molecule has 1 aromatic carbocycles. The van der Waals surface area contributed by atoms with Crippen LogP contribution >= 0.6 is 0 Å². The molecule has 0 aliphatic heterocycles. The van der Waals surface area contributed by atoms with Crippen molar-refractivity contribution >= 4 is 13.3 Å². The summed E-state index contributed by atoms with van der Waals surface area (Å²) < 4.78 is 0. The summed E-state index contributed by atoms with van der Waals surface area (Å²) >= 11 is 0. The Kier molecular flexibility index (Phi) is 5.57. The van der Waals surface area contributed by atoms with Gasteiger partial charge in [0.15, 0.2) is 0 Å². The van der Waals surface area contributed by atoms with Gasteiger partial charge in [-0.05, 0) is 36.1 Å². The summed E-state index contributed by atoms with van der Waals surface area (Å²) in [7, 11) is -1.36. The van der Waals surface area contributed by atoms with Crippen molar-refractivity contribution in [2.24, 2.45) is 0 Å². The Hall–Kier alpha value is -1.41. The van der Waals surface area contributed by atoms with E-state index < -0.39 is 8.07 Å². The molecule has 1 aromatic heterocycles. The van der Waals surface area contributed by atoms with Crippen LogP contribution in [0.25, 0.3) is 11.3 Å². The Bertz CT molecular complexity index is 612. The molecule has 0 fully saturated rings. The first kappa shape index (κ1) is 16.9. The van der Waals surface area contributed by atoms with Crippen LogP contribution in [0.5, 0.6) is 0 Å². The van der Waals surface area contributed by atoms with Gasteiger partial charge in [0.2, 0.25) is 0 Å². The number of unbranched alkanes of at least 4 members (excludes halogenated alkanes) is 2. The van der Waals surface area contributed by atoms with E-state index in [0.717, 1.165) is 5.69 Å². The Balaban J connectivity index is 2.49. The average Bonchev–Trinajstić information content (AvgIpc) is 2.48. The first-order valence-corrected chi connectivity index (χ1v) is 12.0. The summed E-state index contributed by atoms with van der Waals surface area (Å²) in [6.45, 7) is 11.8. The van der Waals surface area contributed by atoms with Gasteiger partial charge in [-0.2, -0.15) is 0 Å². The van der Waals surface area contributed by atoms with E-state index in [9.17, 15) is 0 Å². The molecule has 118 valence electrons. The fraction of sp³-hybridized carbons (Fsp3) is 0.450. The first-order chi connectivity index (χ1) is 10.4. The Labute approximate surface area is 136 Å². The quantitative estimate of drug-likeness (QED) is 0.518. The number of pyridine rings is 1. The Morgan fingerprint density at radius 3 is 2.27 bits per heavy atom. The molecule has 2 aromatic rings. The summed E-state index contributed by atoms with van der Waals surface area (Å²) in [5.74, 6) is 0. The fourth-order valence-electron chi connectivity index (χ4n) is 3.06. The summed E-state index contributed by atoms with van der Waals surface area (Å²) in [5.41, 5.74) is 5.36. The van der Waals surface area contributed by atoms with Crippen LogP contribution in [0.15, 0.2) is 36.5 Å². The molecule has 0 aliphatic rings. The summed E-state index contributed by atoms with van der Waals surface area (Å²) in [5, 5.41) is 1.54. The zero-order valence-corrected chi connectivity index (χ0v) is 15.7. The molecule has 0 bridgehead atoms. The highest BCUT2D eigenvalue weighted by Gasteiger charge is 2.23. The molecule has 0 N–H and O–H groups in total. The second-order valence-electron chi connectivity index (χ2n) is 7.20. The van der Waals surface area contributed by atoms with Crippen molar-refractivity contribution in [3.8, 4) is 11.3 Å². The van der Waals surface area contributed by atoms with Gasteiger partial charge in [0.05, 0.1) is 13.8 Å². The van der Waals surface area contributed by atoms with Gasteiger partial charge in [0.1, 0.15) is 0 Å². The molecular formula is C20H29NSi. The SMILES string of the molecule is CCCCCc1c([Si](C)(C)C)cnc(-c2ccccc2)c1C. The normalized spacial score (nSPS) is 11.7. The van der Waals surface area contributed by atoms with E-state index in [1.165, 1.54) is 36.8 Å². The monoisotopic (exact) mass is 311 g/mol. The van der Waals surface area contributed by atoms with Gasteiger partial charge in [0.25, 0.3) is 0 Å². The standard InChI is InChI=1S/C20H29NSi/c1-6-7-9-14-18-16(2)20(17-12-10-8-11-13-17)21-15-19(18)22(3,4)5/h8,10-13,15H,6-7,9,14H2,1-5H3. The summed E-state index contributed by atoms with van der Waals surface area (Å²) in [4.78, 5) is 4.84. The Morgan fingerprint density at radius 1 is 1.00 bits per heavy atom. The van der Waals surface area contributed by atoms with Gasteiger partial charge < -0.3 is 0 Å². The topological polar surface area (TPSA) is 12.9 Å². The molecule has 0 radical (unpaired) electrons. The third-order valence-electron chi connectivity index (χ3n) is 4.34. The van der Waals surface area contributed by atoms with Gasteiger partial charge in [-0.25, -0.2) is 0 Å². The predicted octanol–water partition coefficient (Wildman–Crippen LogP) is 5.33. The highest BCUT2D eigenvalue weighted by atomic mass is 28.3. The van der Waals surface area contributed by atoms with Crippen LogP contribution in [-0.4, -0.2) is 13.1 Å². The number of hydrogen-bond acceptors (Lipinski definition) is 1. The minimum Gasteiger partial charge on any atom is -0.256 e. The molecule has 1 nitrogen and oxygen atoms in total. The van der Waals surface area contributed by atoms with E-state index in [2.05, 4.69) is 70.0 Å². The number of nitrogens with zero attached hydrogens (tertiary/aromatic N) is 1. The van der Waals surface area contributed by atoms with Crippen molar-refractivity contribution < 1.29 is 0 Å². The van der Waals surface area contributed by atoms with Crippen LogP contribution in [0.3, 0.4) is 0 Å². The molecule has 1 heterocycles. The first-order valence-electron chi connectivity index (χ1n) is 8.49. The van der Waals surface area contributed by atoms with Crippen LogP contribution < -0.4 is 5.19 Å². The van der Waals surface area contributed by atoms with Crippen molar-refractivity contribution in [2.75, 3.05) is 0 Å². The highest BCUT2D eigenvalue weighted by molar-refractivity contribution is 6.89. The average molecular weight is 312 g/mol. The zero-order valence-electron chi connectivity index (χ0n) is 14.7. The highest BCUT2D eigenvalue weighted by Crippen LogP contribution is 2.25. The van der Waals surface area contributed by atoms with E-state index >= 15 is 0 Å². The smallest absolute Gasteiger partial charge is 0.0799 e. The van der Waals surface area contributed by atoms with E-state index in [4.69, 9.17) is 4.98 Å². The summed E-state index contributed by atoms with van der Waals surface area (Å²) in [6, 6.07) is 10.6. The molecule has 0 amide bonds. The maximum atomic E-state index is 4.84. The van der Waals surface area contributed by atoms with Crippen LogP contribution in [-0.2, 0) is 6.42 Å². The van der Waals surface area contributed by atoms with E-state index in [1.54, 1.807) is 10.8 Å². The molecule has 0 aliphatic carbocycles. The summed E-state index contributed by atoms with van der Waals surface area (Å²) in [6.07, 6.45) is 7.24. The molecule has 2 rings (SSSR count).